The Morgan fingerprint density at radius 3 is 0.700 bits per heavy atom. The minimum atomic E-state index is -0.0833. The van der Waals surface area contributed by atoms with Gasteiger partial charge in [-0.3, -0.25) is 16.9 Å². The highest BCUT2D eigenvalue weighted by Crippen LogP contribution is 0.925. The summed E-state index contributed by atoms with van der Waals surface area (Å²) in [7, 11) is 0. The van der Waals surface area contributed by atoms with Crippen molar-refractivity contribution in [1.29, 1.82) is 0 Å². The molecule has 0 bridgehead atoms. The normalized spacial score (nSPS) is 2.40. The van der Waals surface area contributed by atoms with Crippen LogP contribution >= 0.6 is 0 Å². The van der Waals surface area contributed by atoms with Crippen LogP contribution in [0.25, 0.3) is 0 Å². The lowest BCUT2D eigenvalue weighted by atomic mass is 11.1. The molecule has 72 valence electrons. The van der Waals surface area contributed by atoms with Gasteiger partial charge in [0, 0.05) is 0 Å². The summed E-state index contributed by atoms with van der Waals surface area (Å²) in [5, 5.41) is 4.58. The van der Waals surface area contributed by atoms with Crippen LogP contribution in [-0.4, -0.2) is 5.96 Å². The van der Waals surface area contributed by atoms with Gasteiger partial charge in [-0.2, -0.15) is 0 Å². The molecule has 0 saturated heterocycles. The summed E-state index contributed by atoms with van der Waals surface area (Å²) in [6.45, 7) is 0. The fourth-order valence-corrected chi connectivity index (χ4v) is 0. The molecule has 0 aromatic heterocycles. The molecule has 6 N–H and O–H groups in total. The molecule has 0 aliphatic rings. The highest BCUT2D eigenvalue weighted by Gasteiger charge is 1.64. The SMILES string of the molecule is C.C.C.C.C.C.NC(N)=[NH2+]. The van der Waals surface area contributed by atoms with E-state index in [1.165, 1.54) is 0 Å². The molecule has 3 heteroatoms. The van der Waals surface area contributed by atoms with Crippen LogP contribution in [0.3, 0.4) is 0 Å². The molecule has 0 radical (unpaired) electrons. The van der Waals surface area contributed by atoms with E-state index in [-0.39, 0.29) is 50.5 Å². The predicted molar refractivity (Wildman–Crippen MR) is 55.7 cm³/mol. The van der Waals surface area contributed by atoms with Gasteiger partial charge in [0.05, 0.1) is 0 Å². The maximum atomic E-state index is 4.58. The van der Waals surface area contributed by atoms with E-state index in [4.69, 9.17) is 0 Å². The fraction of sp³-hybridized carbons (Fsp3) is 0.857. The van der Waals surface area contributed by atoms with Gasteiger partial charge in [-0.1, -0.05) is 44.6 Å². The predicted octanol–water partition coefficient (Wildman–Crippen LogP) is 0.836. The summed E-state index contributed by atoms with van der Waals surface area (Å²) in [6, 6.07) is 0. The van der Waals surface area contributed by atoms with Crippen molar-refractivity contribution in [2.75, 3.05) is 0 Å². The fourth-order valence-electron chi connectivity index (χ4n) is 0. The summed E-state index contributed by atoms with van der Waals surface area (Å²) < 4.78 is 0. The van der Waals surface area contributed by atoms with Crippen LogP contribution in [0.5, 0.6) is 0 Å². The van der Waals surface area contributed by atoms with Gasteiger partial charge < -0.3 is 0 Å². The minimum Gasteiger partial charge on any atom is -0.291 e. The highest BCUT2D eigenvalue weighted by atomic mass is 14.9. The summed E-state index contributed by atoms with van der Waals surface area (Å²) in [4.78, 5) is 0. The maximum Gasteiger partial charge on any atom is 0.336 e. The van der Waals surface area contributed by atoms with Crippen LogP contribution in [0.4, 0.5) is 0 Å². The zero-order chi connectivity index (χ0) is 3.58. The Morgan fingerprint density at radius 1 is 0.700 bits per heavy atom. The third-order valence-electron chi connectivity index (χ3n) is 0. The van der Waals surface area contributed by atoms with Crippen molar-refractivity contribution in [3.63, 3.8) is 0 Å². The van der Waals surface area contributed by atoms with Crippen molar-refractivity contribution < 1.29 is 5.41 Å². The van der Waals surface area contributed by atoms with Gasteiger partial charge in [0.15, 0.2) is 0 Å². The lowest BCUT2D eigenvalue weighted by Gasteiger charge is -1.59. The van der Waals surface area contributed by atoms with Gasteiger partial charge in [-0.05, 0) is 0 Å². The Balaban J connectivity index is -0.00000000300. The molecule has 0 saturated carbocycles. The Morgan fingerprint density at radius 2 is 0.700 bits per heavy atom. The molecule has 0 aromatic carbocycles. The van der Waals surface area contributed by atoms with Gasteiger partial charge in [-0.15, -0.1) is 0 Å². The van der Waals surface area contributed by atoms with Gasteiger partial charge in [-0.25, -0.2) is 0 Å². The number of nitrogens with two attached hydrogens (primary N) is 3. The second-order valence-corrected chi connectivity index (χ2v) is 0.500. The Bertz CT molecular complexity index is 31.8. The van der Waals surface area contributed by atoms with Crippen molar-refractivity contribution in [3.05, 3.63) is 0 Å². The minimum absolute atomic E-state index is 0. The molecule has 0 fully saturated rings. The molecule has 0 amide bonds. The monoisotopic (exact) mass is 156 g/mol. The van der Waals surface area contributed by atoms with Crippen molar-refractivity contribution in [3.8, 4) is 0 Å². The third-order valence-corrected chi connectivity index (χ3v) is 0. The van der Waals surface area contributed by atoms with E-state index < -0.39 is 0 Å². The number of rotatable bonds is 0. The topological polar surface area (TPSA) is 77.6 Å². The summed E-state index contributed by atoms with van der Waals surface area (Å²) in [6.07, 6.45) is 0. The van der Waals surface area contributed by atoms with Crippen molar-refractivity contribution >= 4 is 5.96 Å². The Labute approximate surface area is 68.3 Å². The molecule has 0 rings (SSSR count). The van der Waals surface area contributed by atoms with Crippen LogP contribution in [0.15, 0.2) is 0 Å². The first-order chi connectivity index (χ1) is 1.73. The quantitative estimate of drug-likeness (QED) is 0.359. The lowest BCUT2D eigenvalue weighted by Crippen LogP contribution is -2.51. The molecular weight excluding hydrogens is 126 g/mol. The maximum absolute atomic E-state index is 4.58. The molecule has 0 atom stereocenters. The summed E-state index contributed by atoms with van der Waals surface area (Å²) in [5.74, 6) is -0.0833. The van der Waals surface area contributed by atoms with E-state index >= 15 is 0 Å². The molecule has 0 spiro atoms. The molecule has 0 aliphatic heterocycles. The van der Waals surface area contributed by atoms with Crippen molar-refractivity contribution in [1.82, 2.24) is 0 Å². The molecular formula is C7H30N3+. The zero-order valence-electron chi connectivity index (χ0n) is 2.23. The van der Waals surface area contributed by atoms with Crippen molar-refractivity contribution in [2.24, 2.45) is 11.5 Å². The number of guanidine groups is 1. The van der Waals surface area contributed by atoms with Crippen LogP contribution in [0, 0.1) is 0 Å². The van der Waals surface area contributed by atoms with Crippen LogP contribution < -0.4 is 16.9 Å². The van der Waals surface area contributed by atoms with E-state index in [1.807, 2.05) is 0 Å². The Hall–Kier alpha value is -0.730. The molecule has 0 unspecified atom stereocenters. The number of hydrogen-bond donors (Lipinski definition) is 3. The first kappa shape index (κ1) is 123. The average Bonchev–Trinajstić information content (AvgIpc) is 0.811. The summed E-state index contributed by atoms with van der Waals surface area (Å²) in [5.41, 5.74) is 9.17. The lowest BCUT2D eigenvalue weighted by molar-refractivity contribution is -0.116. The standard InChI is InChI=1S/CH5N3.6CH4/c2-1(3)4;;;;;;/h(H5,2,3,4);6*1H4/p+1. The number of hydrogen-bond acceptors (Lipinski definition) is 0. The van der Waals surface area contributed by atoms with E-state index in [1.54, 1.807) is 0 Å². The smallest absolute Gasteiger partial charge is 0.291 e. The van der Waals surface area contributed by atoms with Crippen LogP contribution in [0.2, 0.25) is 0 Å². The first-order valence-electron chi connectivity index (χ1n) is 0.866. The largest absolute Gasteiger partial charge is 0.336 e. The van der Waals surface area contributed by atoms with Crippen molar-refractivity contribution in [2.45, 2.75) is 44.6 Å². The molecule has 0 aliphatic carbocycles. The molecule has 3 nitrogen and oxygen atoms in total. The first-order valence-corrected chi connectivity index (χ1v) is 0.866. The summed E-state index contributed by atoms with van der Waals surface area (Å²) >= 11 is 0. The van der Waals surface area contributed by atoms with Gasteiger partial charge in [0.25, 0.3) is 0 Å². The highest BCUT2D eigenvalue weighted by molar-refractivity contribution is 5.68. The Kier molecular flexibility index (Phi) is 1040. The van der Waals surface area contributed by atoms with Gasteiger partial charge in [0.2, 0.25) is 0 Å². The second-order valence-electron chi connectivity index (χ2n) is 0.500. The van der Waals surface area contributed by atoms with E-state index in [0.717, 1.165) is 0 Å². The van der Waals surface area contributed by atoms with E-state index in [2.05, 4.69) is 16.9 Å². The second kappa shape index (κ2) is 84.8. The van der Waals surface area contributed by atoms with E-state index in [9.17, 15) is 0 Å². The zero-order valence-corrected chi connectivity index (χ0v) is 2.23. The molecule has 0 aromatic rings. The average molecular weight is 156 g/mol. The third kappa shape index (κ3) is 536. The van der Waals surface area contributed by atoms with Crippen LogP contribution in [-0.2, 0) is 0 Å². The van der Waals surface area contributed by atoms with E-state index in [0.29, 0.717) is 0 Å². The van der Waals surface area contributed by atoms with Gasteiger partial charge in [0.1, 0.15) is 0 Å². The van der Waals surface area contributed by atoms with Crippen LogP contribution in [0.1, 0.15) is 44.6 Å². The molecule has 0 heterocycles. The molecule has 10 heavy (non-hydrogen) atoms. The van der Waals surface area contributed by atoms with Gasteiger partial charge >= 0.3 is 5.96 Å².